The molecule has 1 atom stereocenters. The minimum atomic E-state index is -0.325. The maximum absolute atomic E-state index is 11.4. The summed E-state index contributed by atoms with van der Waals surface area (Å²) in [5, 5.41) is 2.90. The van der Waals surface area contributed by atoms with Gasteiger partial charge in [-0.3, -0.25) is 4.79 Å². The van der Waals surface area contributed by atoms with Crippen LogP contribution in [-0.2, 0) is 4.79 Å². The molecule has 3 nitrogen and oxygen atoms in total. The lowest BCUT2D eigenvalue weighted by atomic mass is 10.0. The minimum absolute atomic E-state index is 0.0133. The molecule has 0 spiro atoms. The number of hydrogen-bond donors (Lipinski definition) is 2. The first-order chi connectivity index (χ1) is 6.59. The number of amides is 1. The highest BCUT2D eigenvalue weighted by molar-refractivity contribution is 5.81. The van der Waals surface area contributed by atoms with Crippen molar-refractivity contribution in [3.05, 3.63) is 0 Å². The summed E-state index contributed by atoms with van der Waals surface area (Å²) in [5.74, 6) is 1.37. The van der Waals surface area contributed by atoms with Crippen molar-refractivity contribution < 1.29 is 4.79 Å². The van der Waals surface area contributed by atoms with Gasteiger partial charge >= 0.3 is 0 Å². The summed E-state index contributed by atoms with van der Waals surface area (Å²) in [5.41, 5.74) is 5.74. The summed E-state index contributed by atoms with van der Waals surface area (Å²) in [6.07, 6.45) is 4.58. The van der Waals surface area contributed by atoms with E-state index in [0.29, 0.717) is 5.92 Å². The Balaban J connectivity index is 2.06. The molecule has 82 valence electrons. The van der Waals surface area contributed by atoms with Crippen LogP contribution in [-0.4, -0.2) is 18.5 Å². The van der Waals surface area contributed by atoms with Crippen LogP contribution in [0.2, 0.25) is 0 Å². The van der Waals surface area contributed by atoms with E-state index in [1.54, 1.807) is 0 Å². The van der Waals surface area contributed by atoms with Gasteiger partial charge in [0.1, 0.15) is 0 Å². The van der Waals surface area contributed by atoms with Gasteiger partial charge in [-0.1, -0.05) is 26.7 Å². The molecular formula is C11H22N2O. The van der Waals surface area contributed by atoms with Gasteiger partial charge in [0.05, 0.1) is 6.04 Å². The van der Waals surface area contributed by atoms with E-state index in [9.17, 15) is 4.79 Å². The molecule has 1 aliphatic rings. The van der Waals surface area contributed by atoms with Gasteiger partial charge in [0.2, 0.25) is 5.91 Å². The van der Waals surface area contributed by atoms with Crippen molar-refractivity contribution in [2.75, 3.05) is 6.54 Å². The second kappa shape index (κ2) is 5.35. The number of nitrogens with two attached hydrogens (primary N) is 1. The molecule has 0 unspecified atom stereocenters. The van der Waals surface area contributed by atoms with Gasteiger partial charge < -0.3 is 11.1 Å². The second-order valence-corrected chi connectivity index (χ2v) is 4.76. The van der Waals surface area contributed by atoms with Crippen LogP contribution in [0.5, 0.6) is 0 Å². The quantitative estimate of drug-likeness (QED) is 0.675. The molecule has 1 rings (SSSR count). The van der Waals surface area contributed by atoms with Crippen molar-refractivity contribution in [2.45, 2.75) is 45.6 Å². The van der Waals surface area contributed by atoms with Gasteiger partial charge in [0, 0.05) is 6.54 Å². The fourth-order valence-electron chi connectivity index (χ4n) is 1.55. The van der Waals surface area contributed by atoms with Crippen molar-refractivity contribution >= 4 is 5.91 Å². The first-order valence-electron chi connectivity index (χ1n) is 5.63. The molecular weight excluding hydrogens is 176 g/mol. The lowest BCUT2D eigenvalue weighted by Crippen LogP contribution is -2.41. The Morgan fingerprint density at radius 1 is 1.50 bits per heavy atom. The van der Waals surface area contributed by atoms with Gasteiger partial charge in [0.15, 0.2) is 0 Å². The topological polar surface area (TPSA) is 55.1 Å². The molecule has 3 heteroatoms. The fraction of sp³-hybridized carbons (Fsp3) is 0.909. The smallest absolute Gasteiger partial charge is 0.236 e. The van der Waals surface area contributed by atoms with Crippen molar-refractivity contribution in [1.82, 2.24) is 5.32 Å². The normalized spacial score (nSPS) is 18.3. The second-order valence-electron chi connectivity index (χ2n) is 4.76. The zero-order valence-electron chi connectivity index (χ0n) is 9.25. The van der Waals surface area contributed by atoms with Crippen LogP contribution in [0.15, 0.2) is 0 Å². The first-order valence-corrected chi connectivity index (χ1v) is 5.63. The highest BCUT2D eigenvalue weighted by Crippen LogP contribution is 2.31. The lowest BCUT2D eigenvalue weighted by molar-refractivity contribution is -0.122. The molecule has 0 saturated heterocycles. The molecule has 1 fully saturated rings. The maximum Gasteiger partial charge on any atom is 0.236 e. The Kier molecular flexibility index (Phi) is 4.39. The summed E-state index contributed by atoms with van der Waals surface area (Å²) >= 11 is 0. The van der Waals surface area contributed by atoms with Crippen LogP contribution in [0.3, 0.4) is 0 Å². The van der Waals surface area contributed by atoms with Crippen molar-refractivity contribution in [3.8, 4) is 0 Å². The Morgan fingerprint density at radius 3 is 2.64 bits per heavy atom. The van der Waals surface area contributed by atoms with E-state index < -0.39 is 0 Å². The van der Waals surface area contributed by atoms with Gasteiger partial charge in [0.25, 0.3) is 0 Å². The third-order valence-corrected chi connectivity index (χ3v) is 2.61. The van der Waals surface area contributed by atoms with E-state index in [1.165, 1.54) is 12.8 Å². The van der Waals surface area contributed by atoms with E-state index in [4.69, 9.17) is 5.73 Å². The Morgan fingerprint density at radius 2 is 2.14 bits per heavy atom. The number of carbonyl (C=O) groups is 1. The lowest BCUT2D eigenvalue weighted by Gasteiger charge is -2.13. The van der Waals surface area contributed by atoms with E-state index in [-0.39, 0.29) is 11.9 Å². The molecule has 0 aromatic rings. The Bertz CT molecular complexity index is 188. The van der Waals surface area contributed by atoms with Crippen LogP contribution in [0, 0.1) is 11.8 Å². The van der Waals surface area contributed by atoms with Gasteiger partial charge in [-0.2, -0.15) is 0 Å². The molecule has 1 amide bonds. The molecule has 0 bridgehead atoms. The fourth-order valence-corrected chi connectivity index (χ4v) is 1.55. The minimum Gasteiger partial charge on any atom is -0.355 e. The van der Waals surface area contributed by atoms with Crippen molar-refractivity contribution in [1.29, 1.82) is 0 Å². The van der Waals surface area contributed by atoms with E-state index >= 15 is 0 Å². The summed E-state index contributed by atoms with van der Waals surface area (Å²) in [6, 6.07) is -0.325. The van der Waals surface area contributed by atoms with Crippen LogP contribution in [0.4, 0.5) is 0 Å². The third kappa shape index (κ3) is 4.61. The molecule has 3 N–H and O–H groups in total. The molecule has 0 aromatic carbocycles. The molecule has 14 heavy (non-hydrogen) atoms. The molecule has 0 radical (unpaired) electrons. The van der Waals surface area contributed by atoms with Gasteiger partial charge in [-0.05, 0) is 24.7 Å². The predicted molar refractivity (Wildman–Crippen MR) is 57.8 cm³/mol. The number of carbonyl (C=O) groups excluding carboxylic acids is 1. The average Bonchev–Trinajstić information content (AvgIpc) is 2.86. The summed E-state index contributed by atoms with van der Waals surface area (Å²) in [7, 11) is 0. The highest BCUT2D eigenvalue weighted by atomic mass is 16.2. The monoisotopic (exact) mass is 198 g/mol. The Hall–Kier alpha value is -0.570. The maximum atomic E-state index is 11.4. The van der Waals surface area contributed by atoms with E-state index in [2.05, 4.69) is 19.2 Å². The van der Waals surface area contributed by atoms with Gasteiger partial charge in [-0.25, -0.2) is 0 Å². The largest absolute Gasteiger partial charge is 0.355 e. The highest BCUT2D eigenvalue weighted by Gasteiger charge is 2.21. The number of rotatable bonds is 6. The van der Waals surface area contributed by atoms with Crippen LogP contribution in [0.1, 0.15) is 39.5 Å². The molecule has 1 saturated carbocycles. The zero-order chi connectivity index (χ0) is 10.6. The SMILES string of the molecule is CC(C)C[C@H](N)C(=O)NCCC1CC1. The van der Waals surface area contributed by atoms with Crippen LogP contribution < -0.4 is 11.1 Å². The third-order valence-electron chi connectivity index (χ3n) is 2.61. The number of hydrogen-bond acceptors (Lipinski definition) is 2. The molecule has 1 aliphatic carbocycles. The first kappa shape index (κ1) is 11.5. The van der Waals surface area contributed by atoms with Crippen molar-refractivity contribution in [2.24, 2.45) is 17.6 Å². The van der Waals surface area contributed by atoms with Crippen LogP contribution >= 0.6 is 0 Å². The van der Waals surface area contributed by atoms with Gasteiger partial charge in [-0.15, -0.1) is 0 Å². The molecule has 0 aliphatic heterocycles. The van der Waals surface area contributed by atoms with E-state index in [0.717, 1.165) is 25.3 Å². The van der Waals surface area contributed by atoms with Crippen molar-refractivity contribution in [3.63, 3.8) is 0 Å². The van der Waals surface area contributed by atoms with E-state index in [1.807, 2.05) is 0 Å². The zero-order valence-corrected chi connectivity index (χ0v) is 9.25. The number of nitrogens with one attached hydrogen (secondary N) is 1. The molecule has 0 heterocycles. The predicted octanol–water partition coefficient (Wildman–Crippen LogP) is 1.28. The molecule has 0 aromatic heterocycles. The standard InChI is InChI=1S/C11H22N2O/c1-8(2)7-10(12)11(14)13-6-5-9-3-4-9/h8-10H,3-7,12H2,1-2H3,(H,13,14)/t10-/m0/s1. The summed E-state index contributed by atoms with van der Waals surface area (Å²) in [4.78, 5) is 11.4. The summed E-state index contributed by atoms with van der Waals surface area (Å²) < 4.78 is 0. The summed E-state index contributed by atoms with van der Waals surface area (Å²) in [6.45, 7) is 4.96. The average molecular weight is 198 g/mol. The Labute approximate surface area is 86.4 Å². The van der Waals surface area contributed by atoms with Crippen LogP contribution in [0.25, 0.3) is 0 Å².